The van der Waals surface area contributed by atoms with Crippen molar-refractivity contribution in [2.24, 2.45) is 0 Å². The molecule has 5 aliphatic rings. The van der Waals surface area contributed by atoms with Gasteiger partial charge >= 0.3 is 0 Å². The van der Waals surface area contributed by atoms with Crippen molar-refractivity contribution in [1.82, 2.24) is 0 Å². The van der Waals surface area contributed by atoms with Crippen LogP contribution < -0.4 is 0 Å². The molecular weight excluding hydrogens is 1410 g/mol. The van der Waals surface area contributed by atoms with Gasteiger partial charge in [-0.15, -0.1) is 0 Å². The van der Waals surface area contributed by atoms with Gasteiger partial charge in [0.2, 0.25) is 18.4 Å². The Hall–Kier alpha value is 0.350. The van der Waals surface area contributed by atoms with Gasteiger partial charge in [-0.2, -0.15) is 0 Å². The van der Waals surface area contributed by atoms with E-state index >= 15 is 0 Å². The van der Waals surface area contributed by atoms with Crippen LogP contribution in [0.25, 0.3) is 0 Å². The Bertz CT molecular complexity index is 1790. The third kappa shape index (κ3) is 22.0. The first-order valence-electron chi connectivity index (χ1n) is 22.0. The standard InChI is InChI=1S/C13H19F2I.C12H17F2I.C9H11F2I.C8H9F2I.C7H7F2I/c1-2-3-4-5-6-8-11-9-7-10-13(15,16)12(11)14;1-2-3-4-5-7-10-8-6-9-12(14,15)11(10)13;1-2-4-7-5-3-6-9(11,12)8(7)10;1-2-6-4-3-5-8(10,11)7(6)9;1-5-3-2-4-7(9,10)6(5)8/h7,9H,2-6,8,10H2,1H3;6,8H,2-5,7,9H2,1H3;3,5H,2,4,6H2,1H3;3-4H,2,5H2,1H3;2-3H,4H2,1H3. The number of alkyl halides is 10. The second kappa shape index (κ2) is 30.8. The molecule has 5 atom stereocenters. The van der Waals surface area contributed by atoms with Crippen LogP contribution >= 0.6 is 113 Å². The molecule has 5 unspecified atom stereocenters. The van der Waals surface area contributed by atoms with Crippen LogP contribution in [0.4, 0.5) is 43.9 Å². The molecule has 0 bridgehead atoms. The summed E-state index contributed by atoms with van der Waals surface area (Å²) in [7, 11) is 0. The molecule has 0 N–H and O–H groups in total. The number of unbranched alkanes of at least 4 members (excludes halogenated alkanes) is 7. The summed E-state index contributed by atoms with van der Waals surface area (Å²) in [4.78, 5) is 0. The van der Waals surface area contributed by atoms with Gasteiger partial charge in [0.05, 0.1) is 0 Å². The molecule has 0 saturated carbocycles. The van der Waals surface area contributed by atoms with Gasteiger partial charge in [0, 0.05) is 32.1 Å². The Balaban J connectivity index is 0.000000404. The molecule has 0 radical (unpaired) electrons. The van der Waals surface area contributed by atoms with Gasteiger partial charge in [0.25, 0.3) is 0 Å². The van der Waals surface area contributed by atoms with Gasteiger partial charge in [-0.05, 0) is 186 Å². The zero-order valence-electron chi connectivity index (χ0n) is 37.4. The summed E-state index contributed by atoms with van der Waals surface area (Å²) in [5.41, 5.74) is 2.49. The molecule has 64 heavy (non-hydrogen) atoms. The van der Waals surface area contributed by atoms with Crippen molar-refractivity contribution in [1.29, 1.82) is 0 Å². The summed E-state index contributed by atoms with van der Waals surface area (Å²) in [6.45, 7) is 9.64. The first kappa shape index (κ1) is 62.4. The predicted octanol–water partition coefficient (Wildman–Crippen LogP) is 21.9. The van der Waals surface area contributed by atoms with Gasteiger partial charge < -0.3 is 0 Å². The van der Waals surface area contributed by atoms with Crippen LogP contribution in [0.2, 0.25) is 0 Å². The second-order valence-electron chi connectivity index (χ2n) is 16.0. The molecule has 0 aliphatic heterocycles. The highest BCUT2D eigenvalue weighted by Gasteiger charge is 2.37. The van der Waals surface area contributed by atoms with E-state index in [1.807, 2.05) is 13.8 Å². The normalized spacial score (nSPS) is 28.6. The Morgan fingerprint density at radius 3 is 0.953 bits per heavy atom. The highest BCUT2D eigenvalue weighted by Crippen LogP contribution is 2.44. The Morgan fingerprint density at radius 1 is 0.375 bits per heavy atom. The highest BCUT2D eigenvalue weighted by molar-refractivity contribution is 14.1. The predicted molar refractivity (Wildman–Crippen MR) is 292 cm³/mol. The molecule has 5 rings (SSSR count). The number of rotatable bonds is 14. The van der Waals surface area contributed by atoms with Crippen LogP contribution in [0.3, 0.4) is 0 Å². The van der Waals surface area contributed by atoms with Gasteiger partial charge in [-0.3, -0.25) is 0 Å². The van der Waals surface area contributed by atoms with Crippen LogP contribution in [0.5, 0.6) is 0 Å². The summed E-state index contributed by atoms with van der Waals surface area (Å²) in [6.07, 6.45) is 31.1. The molecule has 0 nitrogen and oxygen atoms in total. The maximum absolute atomic E-state index is 13.6. The van der Waals surface area contributed by atoms with Crippen molar-refractivity contribution >= 4 is 113 Å². The van der Waals surface area contributed by atoms with Crippen LogP contribution in [-0.4, -0.2) is 18.4 Å². The fraction of sp³-hybridized carbons (Fsp3) is 0.592. The number of hydrogen-bond acceptors (Lipinski definition) is 0. The average molecular weight is 1480 g/mol. The van der Waals surface area contributed by atoms with Crippen LogP contribution in [-0.2, 0) is 0 Å². The maximum Gasteiger partial charge on any atom is 0.215 e. The quantitative estimate of drug-likeness (QED) is 0.0704. The monoisotopic (exact) mass is 1480 g/mol. The van der Waals surface area contributed by atoms with Gasteiger partial charge in [-0.1, -0.05) is 140 Å². The van der Waals surface area contributed by atoms with Crippen LogP contribution in [0.1, 0.15) is 157 Å². The number of hydrogen-bond donors (Lipinski definition) is 0. The van der Waals surface area contributed by atoms with E-state index in [2.05, 4.69) is 13.8 Å². The van der Waals surface area contributed by atoms with Crippen molar-refractivity contribution < 1.29 is 43.9 Å². The zero-order chi connectivity index (χ0) is 48.8. The second-order valence-corrected chi connectivity index (χ2v) is 24.5. The lowest BCUT2D eigenvalue weighted by Gasteiger charge is -2.20. The minimum absolute atomic E-state index is 0.136. The molecule has 0 aromatic carbocycles. The molecule has 364 valence electrons. The molecule has 0 aromatic heterocycles. The fourth-order valence-corrected chi connectivity index (χ4v) is 9.69. The Kier molecular flexibility index (Phi) is 30.1. The summed E-state index contributed by atoms with van der Waals surface area (Å²) < 4.78 is 124. The van der Waals surface area contributed by atoms with E-state index in [0.29, 0.717) is 53.5 Å². The largest absolute Gasteiger partial charge is 0.224 e. The molecule has 0 heterocycles. The molecule has 0 saturated heterocycles. The lowest BCUT2D eigenvalue weighted by atomic mass is 9.98. The number of halogens is 15. The number of allylic oxidation sites excluding steroid dienone is 20. The van der Waals surface area contributed by atoms with Crippen molar-refractivity contribution in [3.05, 3.63) is 118 Å². The minimum Gasteiger partial charge on any atom is -0.224 e. The van der Waals surface area contributed by atoms with E-state index in [1.54, 1.807) is 113 Å². The first-order valence-corrected chi connectivity index (χ1v) is 27.4. The first-order chi connectivity index (χ1) is 29.8. The zero-order valence-corrected chi connectivity index (χ0v) is 48.2. The minimum atomic E-state index is -1.80. The van der Waals surface area contributed by atoms with Crippen molar-refractivity contribution in [2.75, 3.05) is 0 Å². The lowest BCUT2D eigenvalue weighted by Crippen LogP contribution is -2.17. The van der Waals surface area contributed by atoms with E-state index in [-0.39, 0.29) is 32.1 Å². The topological polar surface area (TPSA) is 0 Å². The highest BCUT2D eigenvalue weighted by atomic mass is 127. The average Bonchev–Trinajstić information content (AvgIpc) is 3.22. The molecule has 0 aromatic rings. The summed E-state index contributed by atoms with van der Waals surface area (Å²) in [6, 6.07) is 0. The molecular formula is C49H63F10I5. The van der Waals surface area contributed by atoms with E-state index in [4.69, 9.17) is 0 Å². The summed E-state index contributed by atoms with van der Waals surface area (Å²) in [5, 5.41) is 0. The molecule has 0 fully saturated rings. The smallest absolute Gasteiger partial charge is 0.215 e. The van der Waals surface area contributed by atoms with Gasteiger partial charge in [0.15, 0.2) is 29.1 Å². The maximum atomic E-state index is 13.6. The van der Waals surface area contributed by atoms with Gasteiger partial charge in [-0.25, -0.2) is 43.9 Å². The fourth-order valence-electron chi connectivity index (χ4n) is 6.61. The van der Waals surface area contributed by atoms with Crippen molar-refractivity contribution in [2.45, 2.75) is 175 Å². The van der Waals surface area contributed by atoms with Gasteiger partial charge in [0.1, 0.15) is 0 Å². The van der Waals surface area contributed by atoms with Crippen LogP contribution in [0.15, 0.2) is 118 Å². The molecule has 5 aliphatic carbocycles. The third-order valence-corrected chi connectivity index (χ3v) is 14.9. The van der Waals surface area contributed by atoms with Crippen molar-refractivity contribution in [3.8, 4) is 0 Å². The lowest BCUT2D eigenvalue weighted by molar-refractivity contribution is 0.301. The van der Waals surface area contributed by atoms with Crippen LogP contribution in [0, 0.1) is 0 Å². The van der Waals surface area contributed by atoms with E-state index in [1.165, 1.54) is 93.5 Å². The summed E-state index contributed by atoms with van der Waals surface area (Å²) >= 11 is 7.61. The Morgan fingerprint density at radius 2 is 0.656 bits per heavy atom. The molecule has 15 heteroatoms. The van der Waals surface area contributed by atoms with E-state index < -0.39 is 47.5 Å². The van der Waals surface area contributed by atoms with E-state index in [0.717, 1.165) is 38.5 Å². The molecule has 0 spiro atoms. The third-order valence-electron chi connectivity index (χ3n) is 10.3. The summed E-state index contributed by atoms with van der Waals surface area (Å²) in [5.74, 6) is -2.97. The van der Waals surface area contributed by atoms with Crippen molar-refractivity contribution in [3.63, 3.8) is 0 Å². The Labute approximate surface area is 444 Å². The molecule has 0 amide bonds. The van der Waals surface area contributed by atoms with E-state index in [9.17, 15) is 43.9 Å². The SMILES string of the molecule is CC1=C(F)C(F)(I)CC=C1.CCC1=C(F)C(F)(I)CC=C1.CCCC1=C(F)C(F)(I)CC=C1.CCCCCCC1=C(F)C(F)(I)CC=C1.CCCCCCCC1=C(F)C(F)(I)CC=C1.